The minimum Gasteiger partial charge on any atom is -0.310 e. The van der Waals surface area contributed by atoms with Gasteiger partial charge in [-0.05, 0) is 42.4 Å². The van der Waals surface area contributed by atoms with E-state index in [0.29, 0.717) is 10.8 Å². The van der Waals surface area contributed by atoms with E-state index in [0.717, 1.165) is 18.0 Å². The highest BCUT2D eigenvalue weighted by Crippen LogP contribution is 2.42. The highest BCUT2D eigenvalue weighted by Gasteiger charge is 2.40. The number of nitrogens with one attached hydrogen (secondary N) is 1. The molecule has 0 aromatic carbocycles. The van der Waals surface area contributed by atoms with Gasteiger partial charge in [0.1, 0.15) is 0 Å². The molecule has 3 unspecified atom stereocenters. The van der Waals surface area contributed by atoms with Crippen LogP contribution in [-0.4, -0.2) is 12.1 Å². The Bertz CT molecular complexity index is 274. The van der Waals surface area contributed by atoms with Gasteiger partial charge in [-0.25, -0.2) is 0 Å². The van der Waals surface area contributed by atoms with Crippen molar-refractivity contribution >= 4 is 0 Å². The maximum absolute atomic E-state index is 4.06. The van der Waals surface area contributed by atoms with E-state index in [4.69, 9.17) is 0 Å². The maximum atomic E-state index is 4.06. The van der Waals surface area contributed by atoms with Crippen LogP contribution in [0.1, 0.15) is 79.6 Å². The highest BCUT2D eigenvalue weighted by molar-refractivity contribution is 4.96. The Labute approximate surface area is 114 Å². The van der Waals surface area contributed by atoms with Gasteiger partial charge in [-0.15, -0.1) is 0 Å². The van der Waals surface area contributed by atoms with Crippen LogP contribution in [-0.2, 0) is 0 Å². The molecule has 0 saturated heterocycles. The molecule has 2 saturated carbocycles. The van der Waals surface area contributed by atoms with Crippen molar-refractivity contribution in [1.82, 2.24) is 5.32 Å². The molecule has 1 N–H and O–H groups in total. The molecular weight excluding hydrogens is 218 g/mol. The van der Waals surface area contributed by atoms with Crippen LogP contribution >= 0.6 is 0 Å². The average Bonchev–Trinajstić information content (AvgIpc) is 2.58. The third kappa shape index (κ3) is 3.10. The average molecular weight is 251 g/mol. The van der Waals surface area contributed by atoms with Crippen LogP contribution < -0.4 is 5.32 Å². The highest BCUT2D eigenvalue weighted by atomic mass is 15.0. The Kier molecular flexibility index (Phi) is 4.11. The van der Waals surface area contributed by atoms with E-state index >= 15 is 0 Å². The van der Waals surface area contributed by atoms with E-state index in [2.05, 4.69) is 39.9 Å². The van der Waals surface area contributed by atoms with Gasteiger partial charge >= 0.3 is 0 Å². The molecule has 2 fully saturated rings. The summed E-state index contributed by atoms with van der Waals surface area (Å²) in [6, 6.07) is 1.52. The van der Waals surface area contributed by atoms with E-state index in [1.165, 1.54) is 44.9 Å². The first-order valence-corrected chi connectivity index (χ1v) is 8.07. The lowest BCUT2D eigenvalue weighted by molar-refractivity contribution is 0.109. The molecule has 0 amide bonds. The number of rotatable bonds is 2. The normalized spacial score (nSPS) is 36.8. The summed E-state index contributed by atoms with van der Waals surface area (Å²) in [5, 5.41) is 4.06. The zero-order valence-electron chi connectivity index (χ0n) is 13.2. The SMILES string of the molecule is CC(C)(C)C1CCCCC1NC1CCCC1(C)C. The van der Waals surface area contributed by atoms with Gasteiger partial charge in [-0.1, -0.05) is 53.9 Å². The summed E-state index contributed by atoms with van der Waals surface area (Å²) < 4.78 is 0. The standard InChI is InChI=1S/C17H33N/c1-16(2,3)13-9-6-7-10-14(13)18-15-11-8-12-17(15,4)5/h13-15,18H,6-12H2,1-5H3. The molecule has 3 atom stereocenters. The molecule has 1 nitrogen and oxygen atoms in total. The largest absolute Gasteiger partial charge is 0.310 e. The molecule has 0 aromatic rings. The molecule has 0 aliphatic heterocycles. The second kappa shape index (κ2) is 5.15. The number of hydrogen-bond donors (Lipinski definition) is 1. The fraction of sp³-hybridized carbons (Fsp3) is 1.00. The number of hydrogen-bond acceptors (Lipinski definition) is 1. The fourth-order valence-electron chi connectivity index (χ4n) is 4.26. The summed E-state index contributed by atoms with van der Waals surface area (Å²) in [4.78, 5) is 0. The Balaban J connectivity index is 2.02. The quantitative estimate of drug-likeness (QED) is 0.746. The topological polar surface area (TPSA) is 12.0 Å². The summed E-state index contributed by atoms with van der Waals surface area (Å²) in [6.45, 7) is 12.2. The first kappa shape index (κ1) is 14.4. The second-order valence-corrected chi connectivity index (χ2v) is 8.46. The van der Waals surface area contributed by atoms with Crippen LogP contribution in [0.2, 0.25) is 0 Å². The van der Waals surface area contributed by atoms with E-state index in [9.17, 15) is 0 Å². The van der Waals surface area contributed by atoms with E-state index < -0.39 is 0 Å². The van der Waals surface area contributed by atoms with Gasteiger partial charge in [-0.3, -0.25) is 0 Å². The van der Waals surface area contributed by atoms with E-state index in [1.54, 1.807) is 0 Å². The molecule has 2 aliphatic carbocycles. The van der Waals surface area contributed by atoms with Gasteiger partial charge in [0.25, 0.3) is 0 Å². The molecule has 1 heteroatoms. The minimum absolute atomic E-state index is 0.459. The van der Waals surface area contributed by atoms with Crippen molar-refractivity contribution in [2.45, 2.75) is 91.6 Å². The third-order valence-corrected chi connectivity index (χ3v) is 5.55. The molecule has 0 heterocycles. The predicted molar refractivity (Wildman–Crippen MR) is 79.8 cm³/mol. The zero-order chi connectivity index (χ0) is 13.4. The zero-order valence-corrected chi connectivity index (χ0v) is 13.2. The maximum Gasteiger partial charge on any atom is 0.0121 e. The van der Waals surface area contributed by atoms with Crippen molar-refractivity contribution in [2.75, 3.05) is 0 Å². The van der Waals surface area contributed by atoms with Crippen molar-refractivity contribution in [3.63, 3.8) is 0 Å². The summed E-state index contributed by atoms with van der Waals surface area (Å²) in [5.74, 6) is 0.864. The Morgan fingerprint density at radius 1 is 0.944 bits per heavy atom. The fourth-order valence-corrected chi connectivity index (χ4v) is 4.26. The third-order valence-electron chi connectivity index (χ3n) is 5.55. The smallest absolute Gasteiger partial charge is 0.0121 e. The lowest BCUT2D eigenvalue weighted by Gasteiger charge is -2.44. The molecule has 2 aliphatic rings. The van der Waals surface area contributed by atoms with Crippen molar-refractivity contribution in [3.8, 4) is 0 Å². The summed E-state index contributed by atoms with van der Waals surface area (Å²) in [7, 11) is 0. The van der Waals surface area contributed by atoms with Crippen LogP contribution in [0.3, 0.4) is 0 Å². The van der Waals surface area contributed by atoms with Gasteiger partial charge in [0.15, 0.2) is 0 Å². The first-order chi connectivity index (χ1) is 8.31. The van der Waals surface area contributed by atoms with Crippen LogP contribution in [0.5, 0.6) is 0 Å². The molecule has 0 bridgehead atoms. The Morgan fingerprint density at radius 3 is 2.17 bits per heavy atom. The van der Waals surface area contributed by atoms with Gasteiger partial charge in [0.05, 0.1) is 0 Å². The molecule has 18 heavy (non-hydrogen) atoms. The predicted octanol–water partition coefficient (Wildman–Crippen LogP) is 4.76. The summed E-state index contributed by atoms with van der Waals surface area (Å²) >= 11 is 0. The van der Waals surface area contributed by atoms with Crippen molar-refractivity contribution in [3.05, 3.63) is 0 Å². The van der Waals surface area contributed by atoms with E-state index in [-0.39, 0.29) is 0 Å². The van der Waals surface area contributed by atoms with Gasteiger partial charge in [0.2, 0.25) is 0 Å². The lowest BCUT2D eigenvalue weighted by Crippen LogP contribution is -2.51. The Morgan fingerprint density at radius 2 is 1.61 bits per heavy atom. The molecule has 0 radical (unpaired) electrons. The molecule has 106 valence electrons. The van der Waals surface area contributed by atoms with Crippen LogP contribution in [0.4, 0.5) is 0 Å². The van der Waals surface area contributed by atoms with Gasteiger partial charge in [0, 0.05) is 12.1 Å². The van der Waals surface area contributed by atoms with Crippen molar-refractivity contribution in [1.29, 1.82) is 0 Å². The molecule has 0 spiro atoms. The first-order valence-electron chi connectivity index (χ1n) is 8.07. The van der Waals surface area contributed by atoms with E-state index in [1.807, 2.05) is 0 Å². The summed E-state index contributed by atoms with van der Waals surface area (Å²) in [5.41, 5.74) is 0.973. The van der Waals surface area contributed by atoms with Crippen LogP contribution in [0, 0.1) is 16.7 Å². The molecular formula is C17H33N. The van der Waals surface area contributed by atoms with Gasteiger partial charge in [-0.2, -0.15) is 0 Å². The van der Waals surface area contributed by atoms with Gasteiger partial charge < -0.3 is 5.32 Å². The van der Waals surface area contributed by atoms with Crippen LogP contribution in [0.15, 0.2) is 0 Å². The van der Waals surface area contributed by atoms with Crippen molar-refractivity contribution < 1.29 is 0 Å². The Hall–Kier alpha value is -0.0400. The summed E-state index contributed by atoms with van der Waals surface area (Å²) in [6.07, 6.45) is 9.89. The molecule has 2 rings (SSSR count). The van der Waals surface area contributed by atoms with Crippen molar-refractivity contribution in [2.24, 2.45) is 16.7 Å². The monoisotopic (exact) mass is 251 g/mol. The second-order valence-electron chi connectivity index (χ2n) is 8.46. The lowest BCUT2D eigenvalue weighted by atomic mass is 9.69. The molecule has 0 aromatic heterocycles. The van der Waals surface area contributed by atoms with Crippen LogP contribution in [0.25, 0.3) is 0 Å². The minimum atomic E-state index is 0.459.